The van der Waals surface area contributed by atoms with Crippen molar-refractivity contribution in [1.29, 1.82) is 0 Å². The van der Waals surface area contributed by atoms with Gasteiger partial charge in [0, 0.05) is 10.4 Å². The second-order valence-electron chi connectivity index (χ2n) is 3.65. The first-order valence-corrected chi connectivity index (χ1v) is 5.85. The Kier molecular flexibility index (Phi) is 3.10. The van der Waals surface area contributed by atoms with Gasteiger partial charge in [0.05, 0.1) is 12.1 Å². The van der Waals surface area contributed by atoms with Crippen molar-refractivity contribution < 1.29 is 15.0 Å². The summed E-state index contributed by atoms with van der Waals surface area (Å²) in [5, 5.41) is 18.9. The van der Waals surface area contributed by atoms with Crippen LogP contribution in [0.15, 0.2) is 24.3 Å². The van der Waals surface area contributed by atoms with Crippen molar-refractivity contribution in [2.45, 2.75) is 13.3 Å². The maximum Gasteiger partial charge on any atom is 0.308 e. The maximum atomic E-state index is 10.7. The summed E-state index contributed by atoms with van der Waals surface area (Å²) in [7, 11) is 0. The number of aliphatic carboxylic acids is 1. The molecule has 0 aliphatic carbocycles. The first-order chi connectivity index (χ1) is 8.06. The molecule has 0 saturated heterocycles. The number of carbonyl (C=O) groups is 1. The van der Waals surface area contributed by atoms with Gasteiger partial charge in [-0.15, -0.1) is 11.3 Å². The number of rotatable bonds is 3. The van der Waals surface area contributed by atoms with E-state index in [-0.39, 0.29) is 12.2 Å². The van der Waals surface area contributed by atoms with E-state index in [0.717, 1.165) is 21.1 Å². The number of carboxylic acid groups (broad SMARTS) is 1. The van der Waals surface area contributed by atoms with E-state index in [0.29, 0.717) is 0 Å². The quantitative estimate of drug-likeness (QED) is 0.876. The normalized spacial score (nSPS) is 10.4. The van der Waals surface area contributed by atoms with Gasteiger partial charge in [-0.2, -0.15) is 0 Å². The molecule has 0 aliphatic heterocycles. The molecule has 2 aromatic rings. The van der Waals surface area contributed by atoms with Gasteiger partial charge in [-0.3, -0.25) is 4.79 Å². The number of thiazole rings is 1. The highest BCUT2D eigenvalue weighted by Gasteiger charge is 2.12. The first-order valence-electron chi connectivity index (χ1n) is 5.04. The minimum absolute atomic E-state index is 0.0116. The zero-order valence-corrected chi connectivity index (χ0v) is 9.99. The third-order valence-corrected chi connectivity index (χ3v) is 3.50. The molecule has 1 aromatic heterocycles. The number of nitrogens with zero attached hydrogens (tertiary/aromatic N) is 1. The van der Waals surface area contributed by atoms with Gasteiger partial charge in [0.25, 0.3) is 0 Å². The highest BCUT2D eigenvalue weighted by Crippen LogP contribution is 2.29. The van der Waals surface area contributed by atoms with Crippen LogP contribution in [0.5, 0.6) is 5.75 Å². The Morgan fingerprint density at radius 1 is 1.47 bits per heavy atom. The van der Waals surface area contributed by atoms with Crippen molar-refractivity contribution in [2.75, 3.05) is 0 Å². The molecule has 1 aromatic carbocycles. The van der Waals surface area contributed by atoms with E-state index < -0.39 is 5.97 Å². The molecule has 4 nitrogen and oxygen atoms in total. The molecule has 0 amide bonds. The van der Waals surface area contributed by atoms with Gasteiger partial charge in [-0.05, 0) is 19.1 Å². The Hall–Kier alpha value is -1.88. The average molecular weight is 249 g/mol. The largest absolute Gasteiger partial charge is 0.508 e. The molecule has 0 unspecified atom stereocenters. The molecule has 1 heterocycles. The second-order valence-corrected chi connectivity index (χ2v) is 4.73. The smallest absolute Gasteiger partial charge is 0.308 e. The number of aryl methyl sites for hydroxylation is 1. The first kappa shape index (κ1) is 11.6. The zero-order chi connectivity index (χ0) is 12.4. The van der Waals surface area contributed by atoms with Crippen LogP contribution < -0.4 is 0 Å². The predicted octanol–water partition coefficient (Wildman–Crippen LogP) is 2.45. The topological polar surface area (TPSA) is 70.4 Å². The SMILES string of the molecule is Cc1nc(-c2cccc(O)c2)sc1CC(=O)O. The molecule has 0 bridgehead atoms. The lowest BCUT2D eigenvalue weighted by molar-refractivity contribution is -0.136. The number of phenols is 1. The Bertz CT molecular complexity index is 563. The molecule has 2 N–H and O–H groups in total. The van der Waals surface area contributed by atoms with Crippen LogP contribution in [0.4, 0.5) is 0 Å². The van der Waals surface area contributed by atoms with Gasteiger partial charge in [-0.25, -0.2) is 4.98 Å². The second kappa shape index (κ2) is 4.55. The summed E-state index contributed by atoms with van der Waals surface area (Å²) in [5.41, 5.74) is 1.53. The predicted molar refractivity (Wildman–Crippen MR) is 65.3 cm³/mol. The summed E-state index contributed by atoms with van der Waals surface area (Å²) in [6, 6.07) is 6.77. The lowest BCUT2D eigenvalue weighted by Gasteiger charge is -1.96. The van der Waals surface area contributed by atoms with Crippen molar-refractivity contribution in [3.8, 4) is 16.3 Å². The molecule has 0 radical (unpaired) electrons. The Balaban J connectivity index is 2.37. The molecule has 0 aliphatic rings. The third kappa shape index (κ3) is 2.62. The van der Waals surface area contributed by atoms with Gasteiger partial charge in [-0.1, -0.05) is 12.1 Å². The van der Waals surface area contributed by atoms with Crippen molar-refractivity contribution in [3.63, 3.8) is 0 Å². The minimum atomic E-state index is -0.862. The van der Waals surface area contributed by atoms with Gasteiger partial charge in [0.2, 0.25) is 0 Å². The van der Waals surface area contributed by atoms with E-state index in [2.05, 4.69) is 4.98 Å². The lowest BCUT2D eigenvalue weighted by Crippen LogP contribution is -1.99. The number of aromatic nitrogens is 1. The van der Waals surface area contributed by atoms with Crippen molar-refractivity contribution in [2.24, 2.45) is 0 Å². The summed E-state index contributed by atoms with van der Waals surface area (Å²) in [6.45, 7) is 1.79. The van der Waals surface area contributed by atoms with E-state index in [1.165, 1.54) is 11.3 Å². The summed E-state index contributed by atoms with van der Waals surface area (Å²) >= 11 is 1.35. The summed E-state index contributed by atoms with van der Waals surface area (Å²) in [6.07, 6.45) is -0.0116. The number of carboxylic acids is 1. The van der Waals surface area contributed by atoms with Crippen molar-refractivity contribution in [1.82, 2.24) is 4.98 Å². The van der Waals surface area contributed by atoms with Gasteiger partial charge < -0.3 is 10.2 Å². The molecule has 2 rings (SSSR count). The fraction of sp³-hybridized carbons (Fsp3) is 0.167. The van der Waals surface area contributed by atoms with E-state index in [1.807, 2.05) is 6.07 Å². The van der Waals surface area contributed by atoms with E-state index >= 15 is 0 Å². The molecule has 0 saturated carbocycles. The molecule has 88 valence electrons. The van der Waals surface area contributed by atoms with Crippen LogP contribution in [-0.4, -0.2) is 21.2 Å². The zero-order valence-electron chi connectivity index (χ0n) is 9.17. The van der Waals surface area contributed by atoms with Crippen LogP contribution in [0.25, 0.3) is 10.6 Å². The number of benzene rings is 1. The molecular formula is C12H11NO3S. The van der Waals surface area contributed by atoms with Gasteiger partial charge >= 0.3 is 5.97 Å². The fourth-order valence-electron chi connectivity index (χ4n) is 1.49. The average Bonchev–Trinajstić information content (AvgIpc) is 2.59. The maximum absolute atomic E-state index is 10.7. The Morgan fingerprint density at radius 2 is 2.24 bits per heavy atom. The summed E-state index contributed by atoms with van der Waals surface area (Å²) < 4.78 is 0. The Morgan fingerprint density at radius 3 is 2.88 bits per heavy atom. The molecule has 0 atom stereocenters. The number of hydrogen-bond acceptors (Lipinski definition) is 4. The number of hydrogen-bond donors (Lipinski definition) is 2. The molecule has 0 spiro atoms. The van der Waals surface area contributed by atoms with E-state index in [9.17, 15) is 9.90 Å². The standard InChI is InChI=1S/C12H11NO3S/c1-7-10(6-11(15)16)17-12(13-7)8-3-2-4-9(14)5-8/h2-5,14H,6H2,1H3,(H,15,16). The van der Waals surface area contributed by atoms with E-state index in [4.69, 9.17) is 5.11 Å². The van der Waals surface area contributed by atoms with Crippen LogP contribution >= 0.6 is 11.3 Å². The van der Waals surface area contributed by atoms with E-state index in [1.54, 1.807) is 25.1 Å². The summed E-state index contributed by atoms with van der Waals surface area (Å²) in [4.78, 5) is 15.7. The molecule has 0 fully saturated rings. The van der Waals surface area contributed by atoms with Crippen LogP contribution in [0.2, 0.25) is 0 Å². The molecule has 17 heavy (non-hydrogen) atoms. The molecular weight excluding hydrogens is 238 g/mol. The fourth-order valence-corrected chi connectivity index (χ4v) is 2.54. The highest BCUT2D eigenvalue weighted by atomic mass is 32.1. The van der Waals surface area contributed by atoms with Crippen molar-refractivity contribution in [3.05, 3.63) is 34.8 Å². The lowest BCUT2D eigenvalue weighted by atomic mass is 10.2. The monoisotopic (exact) mass is 249 g/mol. The summed E-state index contributed by atoms with van der Waals surface area (Å²) in [5.74, 6) is -0.686. The third-order valence-electron chi connectivity index (χ3n) is 2.30. The molecule has 5 heteroatoms. The van der Waals surface area contributed by atoms with Gasteiger partial charge in [0.1, 0.15) is 10.8 Å². The number of phenolic OH excluding ortho intramolecular Hbond substituents is 1. The van der Waals surface area contributed by atoms with Crippen LogP contribution in [0.3, 0.4) is 0 Å². The van der Waals surface area contributed by atoms with Gasteiger partial charge in [0.15, 0.2) is 0 Å². The number of aromatic hydroxyl groups is 1. The van der Waals surface area contributed by atoms with Crippen molar-refractivity contribution >= 4 is 17.3 Å². The highest BCUT2D eigenvalue weighted by molar-refractivity contribution is 7.15. The minimum Gasteiger partial charge on any atom is -0.508 e. The Labute approximate surface area is 102 Å². The van der Waals surface area contributed by atoms with Crippen LogP contribution in [0.1, 0.15) is 10.6 Å². The van der Waals surface area contributed by atoms with Crippen LogP contribution in [0, 0.1) is 6.92 Å². The van der Waals surface area contributed by atoms with Crippen LogP contribution in [-0.2, 0) is 11.2 Å².